The molecule has 12 heteroatoms. The van der Waals surface area contributed by atoms with Gasteiger partial charge in [0.2, 0.25) is 5.34 Å². The van der Waals surface area contributed by atoms with Crippen LogP contribution in [0.1, 0.15) is 0 Å². The maximum atomic E-state index is 8.00. The van der Waals surface area contributed by atoms with E-state index >= 15 is 0 Å². The van der Waals surface area contributed by atoms with E-state index in [9.17, 15) is 0 Å². The van der Waals surface area contributed by atoms with Crippen molar-refractivity contribution in [3.63, 3.8) is 0 Å². The Morgan fingerprint density at radius 3 is 0.833 bits per heavy atom. The van der Waals surface area contributed by atoms with Crippen molar-refractivity contribution in [2.24, 2.45) is 10.7 Å². The van der Waals surface area contributed by atoms with Gasteiger partial charge in [-0.2, -0.15) is 0 Å². The van der Waals surface area contributed by atoms with Gasteiger partial charge in [0, 0.05) is 20.1 Å². The first-order chi connectivity index (χ1) is 2.83. The van der Waals surface area contributed by atoms with Crippen molar-refractivity contribution in [3.8, 4) is 0 Å². The van der Waals surface area contributed by atoms with Crippen LogP contribution in [-0.4, -0.2) is 0 Å². The van der Waals surface area contributed by atoms with Gasteiger partial charge in [-0.15, -0.1) is 15.5 Å². The van der Waals surface area contributed by atoms with Crippen molar-refractivity contribution < 1.29 is 25.3 Å². The topological polar surface area (TPSA) is 277 Å². The molecule has 0 aliphatic heterocycles. The minimum atomic E-state index is 0. The Kier molecular flexibility index (Phi) is 5240. The summed E-state index contributed by atoms with van der Waals surface area (Å²) < 4.78 is 0. The summed E-state index contributed by atoms with van der Waals surface area (Å²) in [6.07, 6.45) is 0. The Hall–Kier alpha value is -0.751. The summed E-state index contributed by atoms with van der Waals surface area (Å²) in [5.41, 5.74) is 0. The third-order valence-corrected chi connectivity index (χ3v) is 0. The van der Waals surface area contributed by atoms with Crippen molar-refractivity contribution in [2.75, 3.05) is 0 Å². The standard InChI is InChI=1S/Ir.HNO2.NO2.5H3N/c;2*2-1-3;;;;;/h;(H,2,3);;5*1H3/p-1. The minimum Gasteiger partial charge on any atom is -0.444 e. The van der Waals surface area contributed by atoms with Crippen molar-refractivity contribution in [2.45, 2.75) is 0 Å². The first-order valence-electron chi connectivity index (χ1n) is 0.730. The van der Waals surface area contributed by atoms with E-state index in [2.05, 4.69) is 0 Å². The summed E-state index contributed by atoms with van der Waals surface area (Å²) in [7, 11) is 0. The van der Waals surface area contributed by atoms with E-state index in [-0.39, 0.29) is 50.9 Å². The molecular weight excluding hydrogens is 354 g/mol. The van der Waals surface area contributed by atoms with E-state index in [0.717, 1.165) is 10.7 Å². The third kappa shape index (κ3) is 1120. The van der Waals surface area contributed by atoms with E-state index in [1.54, 1.807) is 0 Å². The molecule has 0 rings (SSSR count). The van der Waals surface area contributed by atoms with E-state index in [1.165, 1.54) is 0 Å². The molecule has 0 aromatic heterocycles. The molecule has 2 radical (unpaired) electrons. The summed E-state index contributed by atoms with van der Waals surface area (Å²) in [5.74, 6) is 0. The Labute approximate surface area is 82.4 Å². The third-order valence-electron chi connectivity index (χ3n) is 0. The van der Waals surface area contributed by atoms with Gasteiger partial charge in [0.25, 0.3) is 0 Å². The molecular formula is H15IrN7O4-. The van der Waals surface area contributed by atoms with E-state index < -0.39 is 0 Å². The number of rotatable bonds is 0. The summed E-state index contributed by atoms with van der Waals surface area (Å²) in [6.45, 7) is 0. The minimum absolute atomic E-state index is 0. The Morgan fingerprint density at radius 1 is 0.833 bits per heavy atom. The van der Waals surface area contributed by atoms with Gasteiger partial charge >= 0.3 is 0 Å². The van der Waals surface area contributed by atoms with Gasteiger partial charge in [0.15, 0.2) is 0 Å². The van der Waals surface area contributed by atoms with Gasteiger partial charge in [-0.05, 0) is 0 Å². The molecule has 11 nitrogen and oxygen atoms in total. The van der Waals surface area contributed by atoms with Gasteiger partial charge < -0.3 is 40.9 Å². The molecule has 0 aromatic carbocycles. The van der Waals surface area contributed by atoms with Gasteiger partial charge in [0.05, 0.1) is 0 Å². The second kappa shape index (κ2) is 562. The van der Waals surface area contributed by atoms with Crippen LogP contribution < -0.4 is 30.8 Å². The van der Waals surface area contributed by atoms with Crippen molar-refractivity contribution in [1.29, 1.82) is 0 Å². The first-order valence-corrected chi connectivity index (χ1v) is 0.730. The van der Waals surface area contributed by atoms with Crippen molar-refractivity contribution in [3.05, 3.63) is 15.0 Å². The monoisotopic (exact) mass is 370 g/mol. The SMILES string of the molecule is N.N.N.N.N.O=N[O-].[Ir].[O]N=O. The maximum absolute atomic E-state index is 8.00. The molecule has 0 unspecified atom stereocenters. The van der Waals surface area contributed by atoms with Crippen molar-refractivity contribution in [1.82, 2.24) is 30.8 Å². The molecule has 0 amide bonds. The van der Waals surface area contributed by atoms with Crippen LogP contribution in [0.3, 0.4) is 0 Å². The van der Waals surface area contributed by atoms with Crippen LogP contribution in [0.15, 0.2) is 10.7 Å². The largest absolute Gasteiger partial charge is 0.444 e. The van der Waals surface area contributed by atoms with Crippen LogP contribution in [-0.2, 0) is 25.3 Å². The second-order valence-electron chi connectivity index (χ2n) is 0.149. The predicted octanol–water partition coefficient (Wildman–Crippen LogP) is 1.16. The first kappa shape index (κ1) is 112. The molecule has 12 heavy (non-hydrogen) atoms. The number of hydrogen-bond acceptors (Lipinski definition) is 10. The second-order valence-corrected chi connectivity index (χ2v) is 0.149. The molecule has 0 aliphatic carbocycles. The van der Waals surface area contributed by atoms with Gasteiger partial charge in [-0.3, -0.25) is 0 Å². The van der Waals surface area contributed by atoms with Crippen LogP contribution >= 0.6 is 0 Å². The fourth-order valence-electron chi connectivity index (χ4n) is 0. The van der Waals surface area contributed by atoms with Crippen LogP contribution in [0.5, 0.6) is 0 Å². The molecule has 0 aromatic rings. The fraction of sp³-hybridized carbons (Fsp3) is 0. The predicted molar refractivity (Wildman–Crippen MR) is 40.8 cm³/mol. The summed E-state index contributed by atoms with van der Waals surface area (Å²) in [5, 5.41) is 18.0. The van der Waals surface area contributed by atoms with E-state index in [4.69, 9.17) is 20.2 Å². The maximum Gasteiger partial charge on any atom is 0.204 e. The molecule has 0 heterocycles. The zero-order valence-electron chi connectivity index (χ0n) is 6.40. The Balaban J connectivity index is -0.00000000296. The molecule has 0 aliphatic rings. The Morgan fingerprint density at radius 2 is 0.833 bits per heavy atom. The smallest absolute Gasteiger partial charge is 0.204 e. The van der Waals surface area contributed by atoms with E-state index in [0.29, 0.717) is 0 Å². The van der Waals surface area contributed by atoms with Crippen LogP contribution in [0.2, 0.25) is 0 Å². The Bertz CT molecular complexity index is 36.4. The molecule has 15 N–H and O–H groups in total. The molecule has 0 saturated heterocycles. The number of hydrogen-bond donors (Lipinski definition) is 5. The summed E-state index contributed by atoms with van der Waals surface area (Å²) in [4.78, 5) is 16.0. The van der Waals surface area contributed by atoms with Crippen molar-refractivity contribution >= 4 is 0 Å². The fourth-order valence-corrected chi connectivity index (χ4v) is 0. The van der Waals surface area contributed by atoms with Crippen LogP contribution in [0.25, 0.3) is 0 Å². The molecule has 84 valence electrons. The normalized spacial score (nSPS) is 2.00. The van der Waals surface area contributed by atoms with Crippen LogP contribution in [0, 0.1) is 15.0 Å². The average molecular weight is 369 g/mol. The zero-order chi connectivity index (χ0) is 5.41. The summed E-state index contributed by atoms with van der Waals surface area (Å²) in [6, 6.07) is 0. The van der Waals surface area contributed by atoms with E-state index in [1.807, 2.05) is 0 Å². The molecule has 0 saturated carbocycles. The van der Waals surface area contributed by atoms with Gasteiger partial charge in [0.1, 0.15) is 0 Å². The molecule has 0 fully saturated rings. The van der Waals surface area contributed by atoms with Crippen LogP contribution in [0.4, 0.5) is 0 Å². The quantitative estimate of drug-likeness (QED) is 0.304. The molecule has 0 bridgehead atoms. The molecule has 0 spiro atoms. The van der Waals surface area contributed by atoms with Gasteiger partial charge in [-0.1, -0.05) is 0 Å². The number of nitrogens with zero attached hydrogens (tertiary/aromatic N) is 2. The molecule has 0 atom stereocenters. The van der Waals surface area contributed by atoms with Gasteiger partial charge in [-0.25, -0.2) is 0 Å². The zero-order valence-corrected chi connectivity index (χ0v) is 8.79. The summed E-state index contributed by atoms with van der Waals surface area (Å²) >= 11 is 0. The average Bonchev–Trinajstić information content (AvgIpc) is 1.39.